The van der Waals surface area contributed by atoms with Gasteiger partial charge in [0.1, 0.15) is 17.5 Å². The Bertz CT molecular complexity index is 514. The third-order valence-electron chi connectivity index (χ3n) is 2.01. The van der Waals surface area contributed by atoms with Gasteiger partial charge in [0.25, 0.3) is 0 Å². The molecule has 0 spiro atoms. The molecule has 0 radical (unpaired) electrons. The second-order valence-corrected chi connectivity index (χ2v) is 2.87. The van der Waals surface area contributed by atoms with Crippen LogP contribution in [0.2, 0.25) is 0 Å². The molecule has 2 aromatic rings. The molecule has 0 aliphatic carbocycles. The van der Waals surface area contributed by atoms with Crippen LogP contribution in [0.3, 0.4) is 0 Å². The fraction of sp³-hybridized carbons (Fsp3) is 0.0909. The number of pyridine rings is 1. The van der Waals surface area contributed by atoms with Gasteiger partial charge in [-0.2, -0.15) is 5.26 Å². The van der Waals surface area contributed by atoms with Gasteiger partial charge in [0, 0.05) is 11.5 Å². The lowest BCUT2D eigenvalue weighted by molar-refractivity contribution is 0.415. The number of fused-ring (bicyclic) bond motifs is 1. The van der Waals surface area contributed by atoms with Gasteiger partial charge in [0.2, 0.25) is 0 Å². The van der Waals surface area contributed by atoms with Crippen LogP contribution in [0.25, 0.3) is 10.9 Å². The first-order valence-corrected chi connectivity index (χ1v) is 4.18. The summed E-state index contributed by atoms with van der Waals surface area (Å²) < 4.78 is 5.07. The molecule has 68 valence electrons. The van der Waals surface area contributed by atoms with Crippen LogP contribution < -0.4 is 4.74 Å². The van der Waals surface area contributed by atoms with Crippen LogP contribution in [0.5, 0.6) is 5.75 Å². The summed E-state index contributed by atoms with van der Waals surface area (Å²) in [5.74, 6) is 0.750. The number of rotatable bonds is 1. The first-order valence-electron chi connectivity index (χ1n) is 4.18. The van der Waals surface area contributed by atoms with Gasteiger partial charge < -0.3 is 4.74 Å². The predicted molar refractivity (Wildman–Crippen MR) is 53.0 cm³/mol. The zero-order chi connectivity index (χ0) is 9.97. The van der Waals surface area contributed by atoms with Crippen molar-refractivity contribution in [3.05, 3.63) is 36.0 Å². The Balaban J connectivity index is 2.67. The van der Waals surface area contributed by atoms with E-state index in [-0.39, 0.29) is 0 Å². The molecule has 0 aliphatic rings. The van der Waals surface area contributed by atoms with Crippen molar-refractivity contribution in [2.24, 2.45) is 0 Å². The van der Waals surface area contributed by atoms with E-state index in [9.17, 15) is 0 Å². The number of benzene rings is 1. The van der Waals surface area contributed by atoms with Gasteiger partial charge in [-0.05, 0) is 24.3 Å². The van der Waals surface area contributed by atoms with Crippen LogP contribution >= 0.6 is 0 Å². The summed E-state index contributed by atoms with van der Waals surface area (Å²) in [6, 6.07) is 11.2. The number of hydrogen-bond acceptors (Lipinski definition) is 3. The molecular weight excluding hydrogens is 176 g/mol. The molecule has 1 aromatic carbocycles. The van der Waals surface area contributed by atoms with Crippen molar-refractivity contribution in [3.63, 3.8) is 0 Å². The summed E-state index contributed by atoms with van der Waals surface area (Å²) in [4.78, 5) is 4.16. The van der Waals surface area contributed by atoms with Crippen molar-refractivity contribution >= 4 is 10.9 Å². The maximum atomic E-state index is 8.68. The zero-order valence-corrected chi connectivity index (χ0v) is 7.69. The Morgan fingerprint density at radius 1 is 1.29 bits per heavy atom. The lowest BCUT2D eigenvalue weighted by atomic mass is 10.2. The molecule has 0 saturated heterocycles. The molecule has 0 aliphatic heterocycles. The van der Waals surface area contributed by atoms with Crippen LogP contribution in [-0.2, 0) is 0 Å². The van der Waals surface area contributed by atoms with Gasteiger partial charge in [0.05, 0.1) is 12.6 Å². The second kappa shape index (κ2) is 3.35. The van der Waals surface area contributed by atoms with E-state index in [0.29, 0.717) is 5.69 Å². The SMILES string of the molecule is COc1ccc2ccc(C#N)nc2c1. The molecule has 3 heteroatoms. The highest BCUT2D eigenvalue weighted by Crippen LogP contribution is 2.18. The molecule has 1 aromatic heterocycles. The van der Waals surface area contributed by atoms with E-state index in [1.54, 1.807) is 13.2 Å². The van der Waals surface area contributed by atoms with Gasteiger partial charge in [-0.3, -0.25) is 0 Å². The van der Waals surface area contributed by atoms with Crippen LogP contribution in [0.15, 0.2) is 30.3 Å². The molecule has 3 nitrogen and oxygen atoms in total. The predicted octanol–water partition coefficient (Wildman–Crippen LogP) is 2.12. The quantitative estimate of drug-likeness (QED) is 0.681. The fourth-order valence-electron chi connectivity index (χ4n) is 1.29. The minimum Gasteiger partial charge on any atom is -0.497 e. The highest BCUT2D eigenvalue weighted by atomic mass is 16.5. The second-order valence-electron chi connectivity index (χ2n) is 2.87. The van der Waals surface area contributed by atoms with Gasteiger partial charge in [-0.1, -0.05) is 0 Å². The van der Waals surface area contributed by atoms with Crippen molar-refractivity contribution in [1.29, 1.82) is 5.26 Å². The van der Waals surface area contributed by atoms with Crippen molar-refractivity contribution in [2.45, 2.75) is 0 Å². The largest absolute Gasteiger partial charge is 0.497 e. The van der Waals surface area contributed by atoms with Crippen molar-refractivity contribution in [2.75, 3.05) is 7.11 Å². The molecule has 0 atom stereocenters. The van der Waals surface area contributed by atoms with E-state index >= 15 is 0 Å². The molecule has 14 heavy (non-hydrogen) atoms. The Morgan fingerprint density at radius 3 is 2.79 bits per heavy atom. The fourth-order valence-corrected chi connectivity index (χ4v) is 1.29. The van der Waals surface area contributed by atoms with Crippen molar-refractivity contribution in [3.8, 4) is 11.8 Å². The minimum absolute atomic E-state index is 0.422. The molecule has 0 bridgehead atoms. The van der Waals surface area contributed by atoms with Crippen LogP contribution in [0, 0.1) is 11.3 Å². The lowest BCUT2D eigenvalue weighted by Gasteiger charge is -2.01. The zero-order valence-electron chi connectivity index (χ0n) is 7.69. The summed E-state index contributed by atoms with van der Waals surface area (Å²) in [5, 5.41) is 9.68. The Morgan fingerprint density at radius 2 is 2.07 bits per heavy atom. The molecule has 1 heterocycles. The van der Waals surface area contributed by atoms with Crippen molar-refractivity contribution < 1.29 is 4.74 Å². The minimum atomic E-state index is 0.422. The maximum Gasteiger partial charge on any atom is 0.141 e. The third kappa shape index (κ3) is 1.38. The molecule has 0 saturated carbocycles. The summed E-state index contributed by atoms with van der Waals surface area (Å²) in [5.41, 5.74) is 1.20. The van der Waals surface area contributed by atoms with Crippen LogP contribution in [0.1, 0.15) is 5.69 Å². The number of aromatic nitrogens is 1. The van der Waals surface area contributed by atoms with Gasteiger partial charge in [0.15, 0.2) is 0 Å². The smallest absolute Gasteiger partial charge is 0.141 e. The summed E-state index contributed by atoms with van der Waals surface area (Å²) in [6.45, 7) is 0. The first-order chi connectivity index (χ1) is 6.83. The van der Waals surface area contributed by atoms with E-state index in [4.69, 9.17) is 10.00 Å². The molecule has 0 N–H and O–H groups in total. The summed E-state index contributed by atoms with van der Waals surface area (Å²) >= 11 is 0. The highest BCUT2D eigenvalue weighted by molar-refractivity contribution is 5.80. The van der Waals surface area contributed by atoms with E-state index in [2.05, 4.69) is 4.98 Å². The van der Waals surface area contributed by atoms with Gasteiger partial charge in [-0.25, -0.2) is 4.98 Å². The average Bonchev–Trinajstić information content (AvgIpc) is 2.27. The number of nitriles is 1. The first kappa shape index (κ1) is 8.52. The number of nitrogens with zero attached hydrogens (tertiary/aromatic N) is 2. The Kier molecular flexibility index (Phi) is 2.04. The molecule has 0 unspecified atom stereocenters. The van der Waals surface area contributed by atoms with Crippen LogP contribution in [0.4, 0.5) is 0 Å². The summed E-state index contributed by atoms with van der Waals surface area (Å²) in [6.07, 6.45) is 0. The normalized spacial score (nSPS) is 9.71. The average molecular weight is 184 g/mol. The molecule has 0 amide bonds. The number of ether oxygens (including phenoxy) is 1. The number of methoxy groups -OCH3 is 1. The van der Waals surface area contributed by atoms with E-state index in [0.717, 1.165) is 16.7 Å². The number of hydrogen-bond donors (Lipinski definition) is 0. The molecule has 0 fully saturated rings. The van der Waals surface area contributed by atoms with Crippen molar-refractivity contribution in [1.82, 2.24) is 4.98 Å². The highest BCUT2D eigenvalue weighted by Gasteiger charge is 1.98. The van der Waals surface area contributed by atoms with E-state index in [1.165, 1.54) is 0 Å². The van der Waals surface area contributed by atoms with E-state index in [1.807, 2.05) is 30.3 Å². The van der Waals surface area contributed by atoms with E-state index < -0.39 is 0 Å². The van der Waals surface area contributed by atoms with Gasteiger partial charge in [-0.15, -0.1) is 0 Å². The standard InChI is InChI=1S/C11H8N2O/c1-14-10-5-3-8-2-4-9(7-12)13-11(8)6-10/h2-6H,1H3. The van der Waals surface area contributed by atoms with Gasteiger partial charge >= 0.3 is 0 Å². The lowest BCUT2D eigenvalue weighted by Crippen LogP contribution is -1.86. The monoisotopic (exact) mass is 184 g/mol. The third-order valence-corrected chi connectivity index (χ3v) is 2.01. The maximum absolute atomic E-state index is 8.68. The molecule has 2 rings (SSSR count). The van der Waals surface area contributed by atoms with Crippen LogP contribution in [-0.4, -0.2) is 12.1 Å². The summed E-state index contributed by atoms with van der Waals surface area (Å²) in [7, 11) is 1.61. The molecular formula is C11H8N2O. The Hall–Kier alpha value is -2.08. The Labute approximate surface area is 81.6 Å². The topological polar surface area (TPSA) is 45.9 Å².